The first-order valence-electron chi connectivity index (χ1n) is 10.2. The Bertz CT molecular complexity index is 1250. The molecule has 174 valence electrons. The molecule has 3 rings (SSSR count). The van der Waals surface area contributed by atoms with Crippen molar-refractivity contribution in [3.05, 3.63) is 88.0 Å². The number of Topliss-reactive ketones (excluding diaryl/α,β-unsaturated/α-hetero) is 1. The van der Waals surface area contributed by atoms with Gasteiger partial charge in [0.25, 0.3) is 5.69 Å². The summed E-state index contributed by atoms with van der Waals surface area (Å²) < 4.78 is 0. The number of rotatable bonds is 8. The number of nitro benzene ring substituents is 1. The number of hydrogen-bond donors (Lipinski definition) is 3. The van der Waals surface area contributed by atoms with Crippen molar-refractivity contribution in [3.8, 4) is 0 Å². The number of ketones is 1. The van der Waals surface area contributed by atoms with E-state index in [2.05, 4.69) is 16.0 Å². The van der Waals surface area contributed by atoms with Gasteiger partial charge in [-0.25, -0.2) is 0 Å². The number of carbonyl (C=O) groups excluding carboxylic acids is 2. The molecule has 0 saturated carbocycles. The second-order valence-corrected chi connectivity index (χ2v) is 8.79. The summed E-state index contributed by atoms with van der Waals surface area (Å²) in [6.07, 6.45) is 0. The zero-order valence-corrected chi connectivity index (χ0v) is 20.1. The van der Waals surface area contributed by atoms with Gasteiger partial charge in [0.05, 0.1) is 16.4 Å². The van der Waals surface area contributed by atoms with Gasteiger partial charge in [0.2, 0.25) is 5.91 Å². The minimum Gasteiger partial charge on any atom is -0.332 e. The van der Waals surface area contributed by atoms with E-state index in [1.807, 2.05) is 24.3 Å². The van der Waals surface area contributed by atoms with Crippen LogP contribution in [0, 0.1) is 17.0 Å². The number of benzene rings is 3. The predicted octanol–water partition coefficient (Wildman–Crippen LogP) is 5.65. The van der Waals surface area contributed by atoms with E-state index >= 15 is 0 Å². The predicted molar refractivity (Wildman–Crippen MR) is 140 cm³/mol. The number of carbonyl (C=O) groups is 2. The Morgan fingerprint density at radius 1 is 0.971 bits per heavy atom. The first kappa shape index (κ1) is 24.9. The molecule has 3 N–H and O–H groups in total. The van der Waals surface area contributed by atoms with Crippen LogP contribution < -0.4 is 16.0 Å². The van der Waals surface area contributed by atoms with Gasteiger partial charge in [-0.3, -0.25) is 19.7 Å². The maximum absolute atomic E-state index is 12.4. The number of thiocarbonyl (C=S) groups is 1. The van der Waals surface area contributed by atoms with E-state index < -0.39 is 4.92 Å². The third-order valence-electron chi connectivity index (χ3n) is 4.72. The number of non-ortho nitro benzene ring substituents is 1. The number of thioether (sulfide) groups is 1. The molecular weight excluding hydrogens is 472 g/mol. The number of hydrogen-bond acceptors (Lipinski definition) is 6. The molecule has 0 spiro atoms. The summed E-state index contributed by atoms with van der Waals surface area (Å²) in [7, 11) is 0. The van der Waals surface area contributed by atoms with Crippen LogP contribution in [0.1, 0.15) is 22.8 Å². The molecule has 0 aromatic heterocycles. The molecular formula is C24H22N4O4S2. The fourth-order valence-electron chi connectivity index (χ4n) is 2.94. The molecule has 0 saturated heterocycles. The first-order chi connectivity index (χ1) is 16.2. The van der Waals surface area contributed by atoms with Gasteiger partial charge in [0.1, 0.15) is 0 Å². The maximum atomic E-state index is 12.4. The standard InChI is InChI=1S/C24H22N4O4S2/c1-15-6-11-20(28(31)32)13-22(15)27-23(30)14-34-21-5-3-4-19(12-21)26-24(33)25-18-9-7-17(8-10-18)16(2)29/h3-13H,14H2,1-2H3,(H,27,30)(H2,25,26,33). The maximum Gasteiger partial charge on any atom is 0.271 e. The molecule has 0 fully saturated rings. The van der Waals surface area contributed by atoms with Crippen molar-refractivity contribution in [1.82, 2.24) is 0 Å². The van der Waals surface area contributed by atoms with Crippen LogP contribution in [-0.4, -0.2) is 27.5 Å². The lowest BCUT2D eigenvalue weighted by molar-refractivity contribution is -0.384. The van der Waals surface area contributed by atoms with Crippen molar-refractivity contribution in [1.29, 1.82) is 0 Å². The van der Waals surface area contributed by atoms with Crippen molar-refractivity contribution >= 4 is 63.5 Å². The molecule has 8 nitrogen and oxygen atoms in total. The molecule has 0 aliphatic heterocycles. The van der Waals surface area contributed by atoms with Gasteiger partial charge in [-0.05, 0) is 74.1 Å². The number of nitro groups is 1. The minimum absolute atomic E-state index is 0.00420. The van der Waals surface area contributed by atoms with Crippen LogP contribution in [0.25, 0.3) is 0 Å². The van der Waals surface area contributed by atoms with Crippen molar-refractivity contribution < 1.29 is 14.5 Å². The third-order valence-corrected chi connectivity index (χ3v) is 5.92. The Kier molecular flexibility index (Phi) is 8.34. The van der Waals surface area contributed by atoms with Gasteiger partial charge in [0, 0.05) is 34.0 Å². The van der Waals surface area contributed by atoms with E-state index in [0.29, 0.717) is 16.4 Å². The molecule has 10 heteroatoms. The minimum atomic E-state index is -0.497. The van der Waals surface area contributed by atoms with Gasteiger partial charge < -0.3 is 16.0 Å². The van der Waals surface area contributed by atoms with Crippen LogP contribution in [0.3, 0.4) is 0 Å². The molecule has 3 aromatic rings. The number of nitrogens with zero attached hydrogens (tertiary/aromatic N) is 1. The highest BCUT2D eigenvalue weighted by molar-refractivity contribution is 8.00. The largest absolute Gasteiger partial charge is 0.332 e. The molecule has 1 amide bonds. The number of amides is 1. The molecule has 34 heavy (non-hydrogen) atoms. The molecule has 0 unspecified atom stereocenters. The zero-order chi connectivity index (χ0) is 24.7. The zero-order valence-electron chi connectivity index (χ0n) is 18.5. The second kappa shape index (κ2) is 11.4. The smallest absolute Gasteiger partial charge is 0.271 e. The summed E-state index contributed by atoms with van der Waals surface area (Å²) in [5.74, 6) is -0.134. The fourth-order valence-corrected chi connectivity index (χ4v) is 3.93. The molecule has 0 atom stereocenters. The number of anilines is 3. The third kappa shape index (κ3) is 7.12. The topological polar surface area (TPSA) is 113 Å². The molecule has 0 aliphatic carbocycles. The monoisotopic (exact) mass is 494 g/mol. The summed E-state index contributed by atoms with van der Waals surface area (Å²) in [5, 5.41) is 20.2. The normalized spacial score (nSPS) is 10.3. The summed E-state index contributed by atoms with van der Waals surface area (Å²) >= 11 is 6.69. The van der Waals surface area contributed by atoms with E-state index in [1.54, 1.807) is 37.3 Å². The van der Waals surface area contributed by atoms with Crippen LogP contribution in [0.15, 0.2) is 71.6 Å². The van der Waals surface area contributed by atoms with Gasteiger partial charge in [0.15, 0.2) is 10.9 Å². The highest BCUT2D eigenvalue weighted by Crippen LogP contribution is 2.24. The van der Waals surface area contributed by atoms with Crippen molar-refractivity contribution in [3.63, 3.8) is 0 Å². The lowest BCUT2D eigenvalue weighted by Gasteiger charge is -2.12. The Labute approximate surface area is 206 Å². The Balaban J connectivity index is 1.54. The van der Waals surface area contributed by atoms with Crippen molar-refractivity contribution in [2.24, 2.45) is 0 Å². The van der Waals surface area contributed by atoms with E-state index in [-0.39, 0.29) is 23.1 Å². The molecule has 0 aliphatic rings. The van der Waals surface area contributed by atoms with E-state index in [1.165, 1.54) is 30.8 Å². The Morgan fingerprint density at radius 3 is 2.35 bits per heavy atom. The molecule has 3 aromatic carbocycles. The number of nitrogens with one attached hydrogen (secondary N) is 3. The Hall–Kier alpha value is -3.76. The van der Waals surface area contributed by atoms with Crippen LogP contribution in [0.2, 0.25) is 0 Å². The summed E-state index contributed by atoms with van der Waals surface area (Å²) in [4.78, 5) is 35.1. The molecule has 0 bridgehead atoms. The van der Waals surface area contributed by atoms with E-state index in [0.717, 1.165) is 21.8 Å². The highest BCUT2D eigenvalue weighted by Gasteiger charge is 2.12. The first-order valence-corrected chi connectivity index (χ1v) is 11.6. The van der Waals surface area contributed by atoms with Gasteiger partial charge in [-0.15, -0.1) is 11.8 Å². The van der Waals surface area contributed by atoms with Gasteiger partial charge in [-0.2, -0.15) is 0 Å². The SMILES string of the molecule is CC(=O)c1ccc(NC(=S)Nc2cccc(SCC(=O)Nc3cc([N+](=O)[O-])ccc3C)c2)cc1. The number of aryl methyl sites for hydroxylation is 1. The van der Waals surface area contributed by atoms with E-state index in [4.69, 9.17) is 12.2 Å². The van der Waals surface area contributed by atoms with Crippen molar-refractivity contribution in [2.75, 3.05) is 21.7 Å². The van der Waals surface area contributed by atoms with Crippen LogP contribution >= 0.6 is 24.0 Å². The lowest BCUT2D eigenvalue weighted by Crippen LogP contribution is -2.19. The van der Waals surface area contributed by atoms with Gasteiger partial charge in [-0.1, -0.05) is 12.1 Å². The lowest BCUT2D eigenvalue weighted by atomic mass is 10.1. The van der Waals surface area contributed by atoms with E-state index in [9.17, 15) is 19.7 Å². The van der Waals surface area contributed by atoms with Gasteiger partial charge >= 0.3 is 0 Å². The Morgan fingerprint density at radius 2 is 1.68 bits per heavy atom. The highest BCUT2D eigenvalue weighted by atomic mass is 32.2. The van der Waals surface area contributed by atoms with Crippen LogP contribution in [-0.2, 0) is 4.79 Å². The molecule has 0 heterocycles. The van der Waals surface area contributed by atoms with Crippen molar-refractivity contribution in [2.45, 2.75) is 18.7 Å². The van der Waals surface area contributed by atoms with Crippen LogP contribution in [0.5, 0.6) is 0 Å². The fraction of sp³-hybridized carbons (Fsp3) is 0.125. The average molecular weight is 495 g/mol. The average Bonchev–Trinajstić information content (AvgIpc) is 2.79. The summed E-state index contributed by atoms with van der Waals surface area (Å²) in [6, 6.07) is 18.8. The second-order valence-electron chi connectivity index (χ2n) is 7.33. The molecule has 0 radical (unpaired) electrons. The summed E-state index contributed by atoms with van der Waals surface area (Å²) in [5.41, 5.74) is 3.21. The quantitative estimate of drug-likeness (QED) is 0.121. The summed E-state index contributed by atoms with van der Waals surface area (Å²) in [6.45, 7) is 3.29. The van der Waals surface area contributed by atoms with Crippen LogP contribution in [0.4, 0.5) is 22.7 Å².